The molecule has 0 radical (unpaired) electrons. The number of nitrogens with zero attached hydrogens (tertiary/aromatic N) is 4. The number of rotatable bonds is 4. The first-order chi connectivity index (χ1) is 10.6. The molecule has 1 aromatic heterocycles. The van der Waals surface area contributed by atoms with Gasteiger partial charge < -0.3 is 9.42 Å². The smallest absolute Gasteiger partial charge is 0.213 e. The van der Waals surface area contributed by atoms with Crippen LogP contribution in [0.3, 0.4) is 0 Å². The summed E-state index contributed by atoms with van der Waals surface area (Å²) in [7, 11) is 2.12. The Balaban J connectivity index is 1.56. The van der Waals surface area contributed by atoms with Gasteiger partial charge in [0.15, 0.2) is 5.82 Å². The van der Waals surface area contributed by atoms with E-state index in [1.54, 1.807) is 0 Å². The molecule has 3 rings (SSSR count). The Kier molecular flexibility index (Phi) is 4.64. The van der Waals surface area contributed by atoms with E-state index in [0.29, 0.717) is 6.04 Å². The van der Waals surface area contributed by atoms with E-state index in [4.69, 9.17) is 16.1 Å². The summed E-state index contributed by atoms with van der Waals surface area (Å²) < 4.78 is 4.79. The van der Waals surface area contributed by atoms with E-state index in [0.717, 1.165) is 48.9 Å². The van der Waals surface area contributed by atoms with Gasteiger partial charge in [0.2, 0.25) is 6.39 Å². The van der Waals surface area contributed by atoms with E-state index >= 15 is 0 Å². The summed E-state index contributed by atoms with van der Waals surface area (Å²) >= 11 is 6.23. The summed E-state index contributed by atoms with van der Waals surface area (Å²) in [6, 6.07) is 6.87. The fourth-order valence-corrected chi connectivity index (χ4v) is 3.13. The first-order valence-corrected chi connectivity index (χ1v) is 7.98. The lowest BCUT2D eigenvalue weighted by Gasteiger charge is -2.37. The predicted molar refractivity (Wildman–Crippen MR) is 87.2 cm³/mol. The predicted octanol–water partition coefficient (Wildman–Crippen LogP) is 3.13. The number of halogens is 1. The van der Waals surface area contributed by atoms with Crippen LogP contribution in [0.15, 0.2) is 29.1 Å². The lowest BCUT2D eigenvalue weighted by atomic mass is 10.0. The van der Waals surface area contributed by atoms with Crippen molar-refractivity contribution < 1.29 is 4.52 Å². The van der Waals surface area contributed by atoms with E-state index in [1.165, 1.54) is 12.1 Å². The van der Waals surface area contributed by atoms with Gasteiger partial charge in [0.05, 0.1) is 6.54 Å². The maximum absolute atomic E-state index is 6.23. The highest BCUT2D eigenvalue weighted by atomic mass is 35.5. The standard InChI is InChI=1S/C16H21ClN4O/c1-12-3-4-14(9-15(12)17)21-7-5-13(6-8-21)20(2)10-16-18-11-22-19-16/h3-4,9,11,13H,5-8,10H2,1-2H3. The normalized spacial score (nSPS) is 16.5. The summed E-state index contributed by atoms with van der Waals surface area (Å²) in [6.45, 7) is 4.85. The van der Waals surface area contributed by atoms with E-state index < -0.39 is 0 Å². The molecule has 0 saturated carbocycles. The Hall–Kier alpha value is -1.59. The van der Waals surface area contributed by atoms with Gasteiger partial charge in [-0.2, -0.15) is 4.98 Å². The average Bonchev–Trinajstić information content (AvgIpc) is 3.03. The number of hydrogen-bond donors (Lipinski definition) is 0. The van der Waals surface area contributed by atoms with Gasteiger partial charge in [0.1, 0.15) is 0 Å². The lowest BCUT2D eigenvalue weighted by molar-refractivity contribution is 0.194. The van der Waals surface area contributed by atoms with Crippen LogP contribution in [0.4, 0.5) is 5.69 Å². The molecule has 2 aromatic rings. The lowest BCUT2D eigenvalue weighted by Crippen LogP contribution is -2.43. The Bertz CT molecular complexity index is 609. The van der Waals surface area contributed by atoms with Crippen LogP contribution in [0.25, 0.3) is 0 Å². The molecule has 0 bridgehead atoms. The molecule has 22 heavy (non-hydrogen) atoms. The number of aryl methyl sites for hydroxylation is 1. The second-order valence-electron chi connectivity index (χ2n) is 5.91. The van der Waals surface area contributed by atoms with Crippen LogP contribution in [0.1, 0.15) is 24.2 Å². The zero-order valence-corrected chi connectivity index (χ0v) is 13.8. The SMILES string of the molecule is Cc1ccc(N2CCC(N(C)Cc3ncon3)CC2)cc1Cl. The van der Waals surface area contributed by atoms with Gasteiger partial charge in [0.25, 0.3) is 0 Å². The van der Waals surface area contributed by atoms with Crippen LogP contribution in [0.5, 0.6) is 0 Å². The molecule has 1 aromatic carbocycles. The van der Waals surface area contributed by atoms with Crippen molar-refractivity contribution in [3.8, 4) is 0 Å². The molecular weight excluding hydrogens is 300 g/mol. The van der Waals surface area contributed by atoms with E-state index in [1.807, 2.05) is 6.92 Å². The Morgan fingerprint density at radius 2 is 2.14 bits per heavy atom. The average molecular weight is 321 g/mol. The van der Waals surface area contributed by atoms with Crippen molar-refractivity contribution in [2.24, 2.45) is 0 Å². The van der Waals surface area contributed by atoms with Crippen LogP contribution in [-0.4, -0.2) is 41.2 Å². The monoisotopic (exact) mass is 320 g/mol. The van der Waals surface area contributed by atoms with Gasteiger partial charge in [-0.1, -0.05) is 22.8 Å². The maximum Gasteiger partial charge on any atom is 0.213 e. The highest BCUT2D eigenvalue weighted by molar-refractivity contribution is 6.31. The van der Waals surface area contributed by atoms with Crippen molar-refractivity contribution >= 4 is 17.3 Å². The number of piperidine rings is 1. The van der Waals surface area contributed by atoms with Crippen molar-refractivity contribution in [2.45, 2.75) is 32.4 Å². The van der Waals surface area contributed by atoms with Crippen molar-refractivity contribution in [1.29, 1.82) is 0 Å². The second kappa shape index (κ2) is 6.67. The molecule has 1 saturated heterocycles. The number of benzene rings is 1. The van der Waals surface area contributed by atoms with Crippen LogP contribution in [-0.2, 0) is 6.54 Å². The largest absolute Gasteiger partial charge is 0.371 e. The zero-order chi connectivity index (χ0) is 15.5. The highest BCUT2D eigenvalue weighted by Crippen LogP contribution is 2.26. The molecule has 0 atom stereocenters. The number of hydrogen-bond acceptors (Lipinski definition) is 5. The first kappa shape index (κ1) is 15.3. The molecule has 5 nitrogen and oxygen atoms in total. The molecule has 1 aliphatic heterocycles. The molecule has 0 amide bonds. The summed E-state index contributed by atoms with van der Waals surface area (Å²) in [5, 5.41) is 4.72. The van der Waals surface area contributed by atoms with Crippen molar-refractivity contribution in [1.82, 2.24) is 15.0 Å². The molecule has 0 spiro atoms. The minimum Gasteiger partial charge on any atom is -0.371 e. The molecule has 0 N–H and O–H groups in total. The third-order valence-electron chi connectivity index (χ3n) is 4.41. The van der Waals surface area contributed by atoms with Crippen molar-refractivity contribution in [3.63, 3.8) is 0 Å². The van der Waals surface area contributed by atoms with Gasteiger partial charge in [-0.15, -0.1) is 0 Å². The van der Waals surface area contributed by atoms with Crippen LogP contribution in [0.2, 0.25) is 5.02 Å². The van der Waals surface area contributed by atoms with E-state index in [9.17, 15) is 0 Å². The first-order valence-electron chi connectivity index (χ1n) is 7.60. The maximum atomic E-state index is 6.23. The van der Waals surface area contributed by atoms with Crippen LogP contribution < -0.4 is 4.90 Å². The Morgan fingerprint density at radius 3 is 2.77 bits per heavy atom. The summed E-state index contributed by atoms with van der Waals surface area (Å²) in [6.07, 6.45) is 3.63. The van der Waals surface area contributed by atoms with Gasteiger partial charge in [-0.25, -0.2) is 0 Å². The van der Waals surface area contributed by atoms with Gasteiger partial charge in [-0.05, 0) is 44.5 Å². The highest BCUT2D eigenvalue weighted by Gasteiger charge is 2.23. The molecule has 2 heterocycles. The third kappa shape index (κ3) is 3.42. The topological polar surface area (TPSA) is 45.4 Å². The summed E-state index contributed by atoms with van der Waals surface area (Å²) in [4.78, 5) is 8.80. The molecular formula is C16H21ClN4O. The number of aromatic nitrogens is 2. The van der Waals surface area contributed by atoms with Crippen molar-refractivity contribution in [3.05, 3.63) is 41.0 Å². The molecule has 0 aliphatic carbocycles. The molecule has 1 aliphatic rings. The fourth-order valence-electron chi connectivity index (χ4n) is 2.96. The van der Waals surface area contributed by atoms with Crippen molar-refractivity contribution in [2.75, 3.05) is 25.0 Å². The quantitative estimate of drug-likeness (QED) is 0.866. The number of anilines is 1. The third-order valence-corrected chi connectivity index (χ3v) is 4.81. The zero-order valence-electron chi connectivity index (χ0n) is 13.0. The van der Waals surface area contributed by atoms with Crippen LogP contribution >= 0.6 is 11.6 Å². The van der Waals surface area contributed by atoms with Crippen LogP contribution in [0, 0.1) is 6.92 Å². The van der Waals surface area contributed by atoms with Gasteiger partial charge in [0, 0.05) is 29.8 Å². The van der Waals surface area contributed by atoms with Gasteiger partial charge >= 0.3 is 0 Å². The molecule has 0 unspecified atom stereocenters. The minimum atomic E-state index is 0.552. The second-order valence-corrected chi connectivity index (χ2v) is 6.32. The minimum absolute atomic E-state index is 0.552. The fraction of sp³-hybridized carbons (Fsp3) is 0.500. The molecule has 1 fully saturated rings. The summed E-state index contributed by atoms with van der Waals surface area (Å²) in [5.41, 5.74) is 2.34. The molecule has 6 heteroatoms. The summed E-state index contributed by atoms with van der Waals surface area (Å²) in [5.74, 6) is 0.746. The Labute approximate surface area is 135 Å². The van der Waals surface area contributed by atoms with Gasteiger partial charge in [-0.3, -0.25) is 4.90 Å². The molecule has 118 valence electrons. The van der Waals surface area contributed by atoms with E-state index in [2.05, 4.69) is 45.2 Å². The Morgan fingerprint density at radius 1 is 1.36 bits per heavy atom. The van der Waals surface area contributed by atoms with E-state index in [-0.39, 0.29) is 0 Å².